The molecule has 0 bridgehead atoms. The Bertz CT molecular complexity index is 458. The number of aromatic nitrogens is 1. The first-order valence-electron chi connectivity index (χ1n) is 5.98. The third-order valence-corrected chi connectivity index (χ3v) is 3.39. The molecule has 1 fully saturated rings. The largest absolute Gasteiger partial charge is 0.396 e. The lowest BCUT2D eigenvalue weighted by molar-refractivity contribution is -0.245. The number of anilines is 1. The first-order chi connectivity index (χ1) is 8.93. The molecule has 1 aromatic heterocycles. The molecule has 4 nitrogen and oxygen atoms in total. The van der Waals surface area contributed by atoms with Gasteiger partial charge >= 0.3 is 6.18 Å². The van der Waals surface area contributed by atoms with Gasteiger partial charge in [-0.1, -0.05) is 12.5 Å². The van der Waals surface area contributed by atoms with E-state index in [0.29, 0.717) is 12.2 Å². The van der Waals surface area contributed by atoms with E-state index in [0.717, 1.165) is 0 Å². The lowest BCUT2D eigenvalue weighted by Gasteiger charge is -2.41. The molecule has 1 heterocycles. The highest BCUT2D eigenvalue weighted by Crippen LogP contribution is 2.53. The quantitative estimate of drug-likeness (QED) is 0.466. The molecule has 1 aliphatic carbocycles. The van der Waals surface area contributed by atoms with E-state index in [2.05, 4.69) is 15.3 Å². The predicted octanol–water partition coefficient (Wildman–Crippen LogP) is 3.16. The van der Waals surface area contributed by atoms with Crippen LogP contribution in [0.4, 0.5) is 19.0 Å². The van der Waals surface area contributed by atoms with E-state index >= 15 is 0 Å². The molecule has 1 aromatic rings. The number of pyridine rings is 1. The predicted molar refractivity (Wildman–Crippen MR) is 82.1 cm³/mol. The maximum atomic E-state index is 12.9. The van der Waals surface area contributed by atoms with Crippen LogP contribution in [0.3, 0.4) is 0 Å². The van der Waals surface area contributed by atoms with Gasteiger partial charge in [0.1, 0.15) is 5.82 Å². The summed E-state index contributed by atoms with van der Waals surface area (Å²) in [6.07, 6.45) is -1.84. The van der Waals surface area contributed by atoms with Crippen LogP contribution in [0.1, 0.15) is 19.3 Å². The third-order valence-electron chi connectivity index (χ3n) is 3.39. The smallest absolute Gasteiger partial charge is 0.370 e. The highest BCUT2D eigenvalue weighted by molar-refractivity contribution is 14.0. The molecule has 2 rings (SSSR count). The van der Waals surface area contributed by atoms with Gasteiger partial charge in [0.05, 0.1) is 12.0 Å². The van der Waals surface area contributed by atoms with Crippen molar-refractivity contribution in [2.24, 2.45) is 16.1 Å². The molecule has 0 aromatic carbocycles. The molecule has 0 atom stereocenters. The maximum absolute atomic E-state index is 12.9. The first kappa shape index (κ1) is 17.0. The number of halogens is 4. The molecule has 0 radical (unpaired) electrons. The van der Waals surface area contributed by atoms with Crippen LogP contribution in [0.25, 0.3) is 0 Å². The van der Waals surface area contributed by atoms with Crippen molar-refractivity contribution in [1.82, 2.24) is 4.98 Å². The lowest BCUT2D eigenvalue weighted by atomic mass is 9.68. The highest BCUT2D eigenvalue weighted by Gasteiger charge is 2.58. The maximum Gasteiger partial charge on any atom is 0.396 e. The minimum absolute atomic E-state index is 0. The van der Waals surface area contributed by atoms with Crippen molar-refractivity contribution in [3.8, 4) is 0 Å². The molecule has 0 spiro atoms. The van der Waals surface area contributed by atoms with E-state index in [9.17, 15) is 13.2 Å². The second kappa shape index (κ2) is 6.59. The summed E-state index contributed by atoms with van der Waals surface area (Å²) in [5.41, 5.74) is 3.88. The van der Waals surface area contributed by atoms with Crippen molar-refractivity contribution in [2.75, 3.05) is 11.9 Å². The molecule has 20 heavy (non-hydrogen) atoms. The summed E-state index contributed by atoms with van der Waals surface area (Å²) in [5.74, 6) is 0.410. The Morgan fingerprint density at radius 1 is 1.40 bits per heavy atom. The van der Waals surface area contributed by atoms with Gasteiger partial charge in [-0.05, 0) is 25.0 Å². The Balaban J connectivity index is 0.00000200. The van der Waals surface area contributed by atoms with Crippen molar-refractivity contribution in [3.05, 3.63) is 24.4 Å². The number of hydrogen-bond donors (Lipinski definition) is 2. The summed E-state index contributed by atoms with van der Waals surface area (Å²) < 4.78 is 38.7. The second-order valence-corrected chi connectivity index (χ2v) is 4.67. The van der Waals surface area contributed by atoms with Crippen LogP contribution in [0.5, 0.6) is 0 Å². The van der Waals surface area contributed by atoms with Gasteiger partial charge in [-0.2, -0.15) is 13.2 Å². The standard InChI is InChI=1S/C12H15F3N4.HI/c13-12(14,15)11(5-3-6-11)8-18-10(16)19-9-4-1-2-7-17-9;/h1-2,4,7H,3,5-6,8H2,(H3,16,17,18,19);1H. The summed E-state index contributed by atoms with van der Waals surface area (Å²) in [6.45, 7) is -0.331. The number of hydrogen-bond acceptors (Lipinski definition) is 2. The number of guanidine groups is 1. The zero-order valence-electron chi connectivity index (χ0n) is 10.7. The van der Waals surface area contributed by atoms with Crippen molar-refractivity contribution < 1.29 is 13.2 Å². The monoisotopic (exact) mass is 400 g/mol. The van der Waals surface area contributed by atoms with E-state index in [4.69, 9.17) is 5.73 Å². The summed E-state index contributed by atoms with van der Waals surface area (Å²) in [7, 11) is 0. The molecule has 0 aliphatic heterocycles. The molecular formula is C12H16F3IN4. The van der Waals surface area contributed by atoms with Gasteiger partial charge in [0.2, 0.25) is 0 Å². The summed E-state index contributed by atoms with van der Waals surface area (Å²) in [6, 6.07) is 5.13. The van der Waals surface area contributed by atoms with Crippen LogP contribution in [0.15, 0.2) is 29.4 Å². The van der Waals surface area contributed by atoms with Crippen LogP contribution in [-0.2, 0) is 0 Å². The topological polar surface area (TPSA) is 63.3 Å². The Hall–Kier alpha value is -1.06. The van der Waals surface area contributed by atoms with E-state index in [1.807, 2.05) is 0 Å². The molecular weight excluding hydrogens is 384 g/mol. The number of rotatable bonds is 3. The minimum atomic E-state index is -4.22. The van der Waals surface area contributed by atoms with Crippen LogP contribution < -0.4 is 11.1 Å². The average molecular weight is 400 g/mol. The molecule has 0 amide bonds. The van der Waals surface area contributed by atoms with Gasteiger partial charge in [0, 0.05) is 6.20 Å². The van der Waals surface area contributed by atoms with Crippen molar-refractivity contribution >= 4 is 35.8 Å². The van der Waals surface area contributed by atoms with Gasteiger partial charge in [-0.3, -0.25) is 4.99 Å². The minimum Gasteiger partial charge on any atom is -0.370 e. The molecule has 0 unspecified atom stereocenters. The normalized spacial score (nSPS) is 17.9. The van der Waals surface area contributed by atoms with Crippen molar-refractivity contribution in [1.29, 1.82) is 0 Å². The van der Waals surface area contributed by atoms with Crippen molar-refractivity contribution in [2.45, 2.75) is 25.4 Å². The Labute approximate surface area is 132 Å². The Kier molecular flexibility index (Phi) is 5.60. The van der Waals surface area contributed by atoms with Gasteiger partial charge in [0.25, 0.3) is 0 Å². The molecule has 1 saturated carbocycles. The lowest BCUT2D eigenvalue weighted by Crippen LogP contribution is -2.46. The number of aliphatic imine (C=N–C) groups is 1. The molecule has 112 valence electrons. The number of nitrogens with one attached hydrogen (secondary N) is 1. The number of alkyl halides is 3. The average Bonchev–Trinajstić information content (AvgIpc) is 2.26. The zero-order chi connectivity index (χ0) is 13.9. The number of nitrogens with two attached hydrogens (primary N) is 1. The fourth-order valence-corrected chi connectivity index (χ4v) is 1.98. The Morgan fingerprint density at radius 2 is 2.10 bits per heavy atom. The van der Waals surface area contributed by atoms with E-state index in [1.165, 1.54) is 0 Å². The fraction of sp³-hybridized carbons (Fsp3) is 0.500. The second-order valence-electron chi connectivity index (χ2n) is 4.67. The van der Waals surface area contributed by atoms with Gasteiger partial charge < -0.3 is 11.1 Å². The van der Waals surface area contributed by atoms with Crippen LogP contribution in [0.2, 0.25) is 0 Å². The first-order valence-corrected chi connectivity index (χ1v) is 5.98. The van der Waals surface area contributed by atoms with Crippen LogP contribution in [0, 0.1) is 5.41 Å². The van der Waals surface area contributed by atoms with E-state index < -0.39 is 11.6 Å². The third kappa shape index (κ3) is 3.74. The zero-order valence-corrected chi connectivity index (χ0v) is 13.0. The molecule has 0 saturated heterocycles. The van der Waals surface area contributed by atoms with E-state index in [-0.39, 0.29) is 49.3 Å². The number of nitrogens with zero attached hydrogens (tertiary/aromatic N) is 2. The highest BCUT2D eigenvalue weighted by atomic mass is 127. The molecule has 8 heteroatoms. The summed E-state index contributed by atoms with van der Waals surface area (Å²) in [4.78, 5) is 7.76. The molecule has 1 aliphatic rings. The van der Waals surface area contributed by atoms with Crippen LogP contribution in [-0.4, -0.2) is 23.7 Å². The fourth-order valence-electron chi connectivity index (χ4n) is 1.98. The molecule has 3 N–H and O–H groups in total. The summed E-state index contributed by atoms with van der Waals surface area (Å²) in [5, 5.41) is 2.66. The SMILES string of the molecule is I.NC(=NCC1(C(F)(F)F)CCC1)Nc1ccccn1. The van der Waals surface area contributed by atoms with Gasteiger partial charge in [-0.15, -0.1) is 24.0 Å². The van der Waals surface area contributed by atoms with Gasteiger partial charge in [0.15, 0.2) is 5.96 Å². The van der Waals surface area contributed by atoms with E-state index in [1.54, 1.807) is 24.4 Å². The van der Waals surface area contributed by atoms with Crippen LogP contribution >= 0.6 is 24.0 Å². The van der Waals surface area contributed by atoms with Gasteiger partial charge in [-0.25, -0.2) is 4.98 Å². The Morgan fingerprint density at radius 3 is 2.55 bits per heavy atom. The summed E-state index contributed by atoms with van der Waals surface area (Å²) >= 11 is 0. The van der Waals surface area contributed by atoms with Crippen molar-refractivity contribution in [3.63, 3.8) is 0 Å².